The fraction of sp³-hybridized carbons (Fsp3) is 0.292. The van der Waals surface area contributed by atoms with Crippen molar-refractivity contribution >= 4 is 16.9 Å². The average Bonchev–Trinajstić information content (AvgIpc) is 3.21. The predicted octanol–water partition coefficient (Wildman–Crippen LogP) is 4.67. The summed E-state index contributed by atoms with van der Waals surface area (Å²) in [7, 11) is 0. The molecule has 6 nitrogen and oxygen atoms in total. The number of anilines is 1. The van der Waals surface area contributed by atoms with Gasteiger partial charge in [-0.05, 0) is 30.9 Å². The molecule has 152 valence electrons. The first-order chi connectivity index (χ1) is 14.8. The molecular formula is C24H25N5O. The highest BCUT2D eigenvalue weighted by molar-refractivity contribution is 5.98. The minimum Gasteiger partial charge on any atom is -0.366 e. The van der Waals surface area contributed by atoms with E-state index in [-0.39, 0.29) is 0 Å². The molecule has 0 atom stereocenters. The van der Waals surface area contributed by atoms with E-state index in [1.54, 1.807) is 6.33 Å². The Morgan fingerprint density at radius 3 is 2.57 bits per heavy atom. The first-order valence-corrected chi connectivity index (χ1v) is 10.5. The number of aromatic nitrogens is 3. The molecule has 2 aromatic carbocycles. The van der Waals surface area contributed by atoms with E-state index in [2.05, 4.69) is 74.7 Å². The number of rotatable bonds is 5. The van der Waals surface area contributed by atoms with Crippen LogP contribution < -0.4 is 5.32 Å². The zero-order chi connectivity index (χ0) is 20.3. The molecule has 1 N–H and O–H groups in total. The van der Waals surface area contributed by atoms with Crippen LogP contribution in [0.2, 0.25) is 0 Å². The second kappa shape index (κ2) is 8.24. The highest BCUT2D eigenvalue weighted by Crippen LogP contribution is 2.33. The summed E-state index contributed by atoms with van der Waals surface area (Å²) in [4.78, 5) is 11.3. The molecule has 1 aliphatic rings. The highest BCUT2D eigenvalue weighted by Gasteiger charge is 2.23. The second-order valence-electron chi connectivity index (χ2n) is 7.93. The van der Waals surface area contributed by atoms with Crippen molar-refractivity contribution in [3.8, 4) is 11.3 Å². The van der Waals surface area contributed by atoms with Gasteiger partial charge in [0.1, 0.15) is 23.2 Å². The molecule has 0 radical (unpaired) electrons. The van der Waals surface area contributed by atoms with Crippen molar-refractivity contribution < 1.29 is 4.52 Å². The lowest BCUT2D eigenvalue weighted by molar-refractivity contribution is 0.211. The summed E-state index contributed by atoms with van der Waals surface area (Å²) < 4.78 is 5.52. The van der Waals surface area contributed by atoms with Crippen molar-refractivity contribution in [1.82, 2.24) is 20.0 Å². The molecule has 0 saturated carbocycles. The van der Waals surface area contributed by atoms with Gasteiger partial charge in [-0.1, -0.05) is 59.8 Å². The standard InChI is InChI=1S/C24H25N5O/c1-17-7-5-6-10-20(17)22-21-23(25-16-26-24(21)30-28-22)27-19-11-13-29(14-12-19)15-18-8-3-2-4-9-18/h2-10,16,19H,11-15H2,1H3,(H,25,26,27). The minimum absolute atomic E-state index is 0.370. The zero-order valence-electron chi connectivity index (χ0n) is 17.1. The van der Waals surface area contributed by atoms with Crippen LogP contribution in [0.4, 0.5) is 5.82 Å². The van der Waals surface area contributed by atoms with Crippen LogP contribution in [-0.2, 0) is 6.54 Å². The summed E-state index contributed by atoms with van der Waals surface area (Å²) in [6.45, 7) is 5.22. The molecule has 1 fully saturated rings. The highest BCUT2D eigenvalue weighted by atomic mass is 16.5. The second-order valence-corrected chi connectivity index (χ2v) is 7.93. The third-order valence-electron chi connectivity index (χ3n) is 5.85. The number of fused-ring (bicyclic) bond motifs is 1. The van der Waals surface area contributed by atoms with Gasteiger partial charge in [-0.25, -0.2) is 4.98 Å². The van der Waals surface area contributed by atoms with Gasteiger partial charge in [-0.15, -0.1) is 0 Å². The van der Waals surface area contributed by atoms with E-state index < -0.39 is 0 Å². The van der Waals surface area contributed by atoms with Crippen LogP contribution in [0.25, 0.3) is 22.4 Å². The minimum atomic E-state index is 0.370. The lowest BCUT2D eigenvalue weighted by atomic mass is 10.0. The maximum atomic E-state index is 5.52. The SMILES string of the molecule is Cc1ccccc1-c1noc2ncnc(NC3CCN(Cc4ccccc4)CC3)c12. The van der Waals surface area contributed by atoms with Gasteiger partial charge < -0.3 is 9.84 Å². The molecule has 5 rings (SSSR count). The van der Waals surface area contributed by atoms with Crippen LogP contribution in [0.1, 0.15) is 24.0 Å². The number of likely N-dealkylation sites (tertiary alicyclic amines) is 1. The summed E-state index contributed by atoms with van der Waals surface area (Å²) in [5.41, 5.74) is 4.89. The molecule has 4 aromatic rings. The Bertz CT molecular complexity index is 1130. The zero-order valence-corrected chi connectivity index (χ0v) is 17.1. The van der Waals surface area contributed by atoms with Gasteiger partial charge in [0.2, 0.25) is 0 Å². The molecule has 6 heteroatoms. The van der Waals surface area contributed by atoms with E-state index in [1.165, 1.54) is 5.56 Å². The van der Waals surface area contributed by atoms with Crippen LogP contribution in [0.5, 0.6) is 0 Å². The van der Waals surface area contributed by atoms with E-state index >= 15 is 0 Å². The molecule has 2 aromatic heterocycles. The van der Waals surface area contributed by atoms with Gasteiger partial charge in [-0.2, -0.15) is 4.98 Å². The van der Waals surface area contributed by atoms with E-state index in [0.29, 0.717) is 11.8 Å². The van der Waals surface area contributed by atoms with E-state index in [4.69, 9.17) is 4.52 Å². The first-order valence-electron chi connectivity index (χ1n) is 10.5. The maximum absolute atomic E-state index is 5.52. The topological polar surface area (TPSA) is 67.1 Å². The predicted molar refractivity (Wildman–Crippen MR) is 118 cm³/mol. The first kappa shape index (κ1) is 18.8. The van der Waals surface area contributed by atoms with Crippen LogP contribution >= 0.6 is 0 Å². The largest absolute Gasteiger partial charge is 0.366 e. The van der Waals surface area contributed by atoms with Gasteiger partial charge in [0, 0.05) is 31.2 Å². The quantitative estimate of drug-likeness (QED) is 0.526. The Kier molecular flexibility index (Phi) is 5.15. The Morgan fingerprint density at radius 1 is 1.00 bits per heavy atom. The number of benzene rings is 2. The maximum Gasteiger partial charge on any atom is 0.263 e. The Balaban J connectivity index is 1.33. The lowest BCUT2D eigenvalue weighted by Gasteiger charge is -2.32. The van der Waals surface area contributed by atoms with Crippen LogP contribution in [0.3, 0.4) is 0 Å². The molecule has 0 amide bonds. The van der Waals surface area contributed by atoms with Gasteiger partial charge in [0.15, 0.2) is 0 Å². The smallest absolute Gasteiger partial charge is 0.263 e. The van der Waals surface area contributed by atoms with Crippen molar-refractivity contribution in [3.63, 3.8) is 0 Å². The Labute approximate surface area is 175 Å². The Hall–Kier alpha value is -3.25. The van der Waals surface area contributed by atoms with Crippen molar-refractivity contribution in [1.29, 1.82) is 0 Å². The molecule has 0 spiro atoms. The molecule has 0 bridgehead atoms. The molecule has 0 unspecified atom stereocenters. The third kappa shape index (κ3) is 3.78. The molecule has 1 aliphatic heterocycles. The molecule has 30 heavy (non-hydrogen) atoms. The van der Waals surface area contributed by atoms with Crippen molar-refractivity contribution in [2.24, 2.45) is 0 Å². The molecule has 3 heterocycles. The number of aryl methyl sites for hydroxylation is 1. The number of hydrogen-bond acceptors (Lipinski definition) is 6. The number of piperidine rings is 1. The normalized spacial score (nSPS) is 15.5. The summed E-state index contributed by atoms with van der Waals surface area (Å²) >= 11 is 0. The van der Waals surface area contributed by atoms with Gasteiger partial charge in [0.05, 0.1) is 0 Å². The fourth-order valence-corrected chi connectivity index (χ4v) is 4.19. The summed E-state index contributed by atoms with van der Waals surface area (Å²) in [5.74, 6) is 0.806. The monoisotopic (exact) mass is 399 g/mol. The summed E-state index contributed by atoms with van der Waals surface area (Å²) in [5, 5.41) is 8.82. The average molecular weight is 399 g/mol. The van der Waals surface area contributed by atoms with Crippen molar-refractivity contribution in [3.05, 3.63) is 72.1 Å². The van der Waals surface area contributed by atoms with Crippen molar-refractivity contribution in [2.45, 2.75) is 32.4 Å². The van der Waals surface area contributed by atoms with Crippen LogP contribution in [0, 0.1) is 6.92 Å². The molecular weight excluding hydrogens is 374 g/mol. The van der Waals surface area contributed by atoms with Gasteiger partial charge in [0.25, 0.3) is 5.71 Å². The summed E-state index contributed by atoms with van der Waals surface area (Å²) in [6.07, 6.45) is 3.69. The lowest BCUT2D eigenvalue weighted by Crippen LogP contribution is -2.38. The van der Waals surface area contributed by atoms with Gasteiger partial charge >= 0.3 is 0 Å². The van der Waals surface area contributed by atoms with E-state index in [1.807, 2.05) is 12.1 Å². The van der Waals surface area contributed by atoms with E-state index in [9.17, 15) is 0 Å². The van der Waals surface area contributed by atoms with Crippen LogP contribution in [-0.4, -0.2) is 39.2 Å². The number of hydrogen-bond donors (Lipinski definition) is 1. The van der Waals surface area contributed by atoms with Crippen molar-refractivity contribution in [2.75, 3.05) is 18.4 Å². The van der Waals surface area contributed by atoms with E-state index in [0.717, 1.165) is 60.5 Å². The number of nitrogens with one attached hydrogen (secondary N) is 1. The molecule has 0 aliphatic carbocycles. The summed E-state index contributed by atoms with van der Waals surface area (Å²) in [6, 6.07) is 19.2. The van der Waals surface area contributed by atoms with Gasteiger partial charge in [-0.3, -0.25) is 4.90 Å². The Morgan fingerprint density at radius 2 is 1.77 bits per heavy atom. The third-order valence-corrected chi connectivity index (χ3v) is 5.85. The van der Waals surface area contributed by atoms with Crippen LogP contribution in [0.15, 0.2) is 65.4 Å². The number of nitrogens with zero attached hydrogens (tertiary/aromatic N) is 4. The molecule has 1 saturated heterocycles. The fourth-order valence-electron chi connectivity index (χ4n) is 4.19.